The Labute approximate surface area is 130 Å². The number of H-pyrrole nitrogens is 1. The third-order valence-electron chi connectivity index (χ3n) is 3.48. The van der Waals surface area contributed by atoms with E-state index < -0.39 is 0 Å². The smallest absolute Gasteiger partial charge is 0.148 e. The zero-order valence-electron chi connectivity index (χ0n) is 11.3. The first kappa shape index (κ1) is 13.0. The van der Waals surface area contributed by atoms with Crippen LogP contribution in [0, 0.1) is 5.82 Å². The lowest BCUT2D eigenvalue weighted by atomic mass is 10.2. The lowest BCUT2D eigenvalue weighted by Crippen LogP contribution is -1.96. The topological polar surface area (TPSA) is 46.5 Å². The molecule has 4 aromatic rings. The Morgan fingerprint density at radius 1 is 1.09 bits per heavy atom. The van der Waals surface area contributed by atoms with Crippen LogP contribution in [0.3, 0.4) is 0 Å². The number of benzene rings is 2. The molecule has 0 radical (unpaired) electrons. The highest BCUT2D eigenvalue weighted by Crippen LogP contribution is 2.26. The third kappa shape index (κ3) is 2.16. The van der Waals surface area contributed by atoms with E-state index in [0.29, 0.717) is 11.0 Å². The highest BCUT2D eigenvalue weighted by molar-refractivity contribution is 6.29. The Kier molecular flexibility index (Phi) is 2.94. The number of fused-ring (bicyclic) bond motifs is 1. The van der Waals surface area contributed by atoms with Crippen molar-refractivity contribution in [1.82, 2.24) is 19.7 Å². The number of halogens is 2. The van der Waals surface area contributed by atoms with Gasteiger partial charge in [-0.2, -0.15) is 5.10 Å². The molecule has 0 saturated carbocycles. The summed E-state index contributed by atoms with van der Waals surface area (Å²) in [7, 11) is 0. The van der Waals surface area contributed by atoms with Gasteiger partial charge in [-0.05, 0) is 42.5 Å². The first-order chi connectivity index (χ1) is 10.7. The summed E-state index contributed by atoms with van der Waals surface area (Å²) in [5.74, 6) is 0.376. The minimum absolute atomic E-state index is 0.284. The molecule has 6 heteroatoms. The standard InChI is InChI=1S/C16H10ClFN4/c17-15-9-22(13-5-6-14-11(7-13)8-19-21-14)16(20-15)10-1-3-12(18)4-2-10/h1-9H,(H,19,21). The monoisotopic (exact) mass is 312 g/mol. The number of aromatic amines is 1. The third-order valence-corrected chi connectivity index (χ3v) is 3.66. The van der Waals surface area contributed by atoms with E-state index in [2.05, 4.69) is 15.2 Å². The summed E-state index contributed by atoms with van der Waals surface area (Å²) in [4.78, 5) is 4.34. The molecule has 0 bridgehead atoms. The SMILES string of the molecule is Fc1ccc(-c2nc(Cl)cn2-c2ccc3[nH]ncc3c2)cc1. The van der Waals surface area contributed by atoms with Crippen molar-refractivity contribution in [2.45, 2.75) is 0 Å². The molecule has 0 spiro atoms. The van der Waals surface area contributed by atoms with Crippen molar-refractivity contribution in [1.29, 1.82) is 0 Å². The van der Waals surface area contributed by atoms with E-state index in [1.54, 1.807) is 24.5 Å². The van der Waals surface area contributed by atoms with Gasteiger partial charge in [0.15, 0.2) is 0 Å². The number of nitrogens with zero attached hydrogens (tertiary/aromatic N) is 3. The molecule has 0 saturated heterocycles. The van der Waals surface area contributed by atoms with Crippen molar-refractivity contribution in [2.75, 3.05) is 0 Å². The van der Waals surface area contributed by atoms with Crippen LogP contribution in [0.15, 0.2) is 54.9 Å². The van der Waals surface area contributed by atoms with Crippen LogP contribution in [-0.2, 0) is 0 Å². The first-order valence-electron chi connectivity index (χ1n) is 6.65. The van der Waals surface area contributed by atoms with E-state index in [4.69, 9.17) is 11.6 Å². The van der Waals surface area contributed by atoms with Gasteiger partial charge in [-0.3, -0.25) is 9.67 Å². The summed E-state index contributed by atoms with van der Waals surface area (Å²) in [6.07, 6.45) is 3.50. The second kappa shape index (κ2) is 4.96. The van der Waals surface area contributed by atoms with Crippen molar-refractivity contribution in [3.63, 3.8) is 0 Å². The molecule has 0 unspecified atom stereocenters. The van der Waals surface area contributed by atoms with Crippen LogP contribution in [0.4, 0.5) is 4.39 Å². The van der Waals surface area contributed by atoms with Crippen LogP contribution in [0.2, 0.25) is 5.15 Å². The lowest BCUT2D eigenvalue weighted by molar-refractivity contribution is 0.628. The fourth-order valence-electron chi connectivity index (χ4n) is 2.43. The highest BCUT2D eigenvalue weighted by atomic mass is 35.5. The number of aromatic nitrogens is 4. The molecule has 0 fully saturated rings. The van der Waals surface area contributed by atoms with E-state index in [1.807, 2.05) is 22.8 Å². The van der Waals surface area contributed by atoms with Crippen molar-refractivity contribution >= 4 is 22.5 Å². The summed E-state index contributed by atoms with van der Waals surface area (Å²) in [6, 6.07) is 12.1. The quantitative estimate of drug-likeness (QED) is 0.602. The van der Waals surface area contributed by atoms with Crippen molar-refractivity contribution < 1.29 is 4.39 Å². The average molecular weight is 313 g/mol. The molecule has 0 aliphatic carbocycles. The minimum atomic E-state index is -0.284. The van der Waals surface area contributed by atoms with Gasteiger partial charge in [0.2, 0.25) is 0 Å². The van der Waals surface area contributed by atoms with Crippen molar-refractivity contribution in [3.8, 4) is 17.1 Å². The van der Waals surface area contributed by atoms with Crippen LogP contribution >= 0.6 is 11.6 Å². The van der Waals surface area contributed by atoms with Gasteiger partial charge in [0.1, 0.15) is 16.8 Å². The van der Waals surface area contributed by atoms with E-state index in [-0.39, 0.29) is 5.82 Å². The van der Waals surface area contributed by atoms with Gasteiger partial charge in [0.25, 0.3) is 0 Å². The predicted molar refractivity (Wildman–Crippen MR) is 83.6 cm³/mol. The molecular formula is C16H10ClFN4. The van der Waals surface area contributed by atoms with E-state index in [1.165, 1.54) is 12.1 Å². The highest BCUT2D eigenvalue weighted by Gasteiger charge is 2.11. The molecule has 2 aromatic heterocycles. The minimum Gasteiger partial charge on any atom is -0.298 e. The van der Waals surface area contributed by atoms with Crippen LogP contribution in [0.25, 0.3) is 28.0 Å². The number of imidazole rings is 1. The zero-order valence-corrected chi connectivity index (χ0v) is 12.0. The van der Waals surface area contributed by atoms with Gasteiger partial charge in [-0.15, -0.1) is 0 Å². The van der Waals surface area contributed by atoms with Crippen LogP contribution in [0.5, 0.6) is 0 Å². The Balaban J connectivity index is 1.89. The first-order valence-corrected chi connectivity index (χ1v) is 7.03. The molecule has 108 valence electrons. The summed E-state index contributed by atoms with van der Waals surface area (Å²) < 4.78 is 15.0. The van der Waals surface area contributed by atoms with Crippen LogP contribution in [-0.4, -0.2) is 19.7 Å². The maximum atomic E-state index is 13.1. The van der Waals surface area contributed by atoms with Gasteiger partial charge in [0.05, 0.1) is 11.7 Å². The van der Waals surface area contributed by atoms with Crippen molar-refractivity contribution in [2.24, 2.45) is 0 Å². The number of nitrogens with one attached hydrogen (secondary N) is 1. The molecular weight excluding hydrogens is 303 g/mol. The number of hydrogen-bond acceptors (Lipinski definition) is 2. The molecule has 0 aliphatic heterocycles. The van der Waals surface area contributed by atoms with Gasteiger partial charge in [0, 0.05) is 22.8 Å². The maximum Gasteiger partial charge on any atom is 0.148 e. The maximum absolute atomic E-state index is 13.1. The second-order valence-electron chi connectivity index (χ2n) is 4.91. The molecule has 2 heterocycles. The fourth-order valence-corrected chi connectivity index (χ4v) is 2.61. The summed E-state index contributed by atoms with van der Waals surface area (Å²) >= 11 is 6.07. The Bertz CT molecular complexity index is 956. The van der Waals surface area contributed by atoms with Crippen LogP contribution < -0.4 is 0 Å². The Hall–Kier alpha value is -2.66. The summed E-state index contributed by atoms with van der Waals surface area (Å²) in [5, 5.41) is 8.30. The second-order valence-corrected chi connectivity index (χ2v) is 5.29. The lowest BCUT2D eigenvalue weighted by Gasteiger charge is -2.08. The van der Waals surface area contributed by atoms with Gasteiger partial charge >= 0.3 is 0 Å². The average Bonchev–Trinajstić information content (AvgIpc) is 3.13. The summed E-state index contributed by atoms with van der Waals surface area (Å²) in [6.45, 7) is 0. The van der Waals surface area contributed by atoms with Gasteiger partial charge in [-0.1, -0.05) is 11.6 Å². The van der Waals surface area contributed by atoms with E-state index in [0.717, 1.165) is 22.2 Å². The molecule has 22 heavy (non-hydrogen) atoms. The van der Waals surface area contributed by atoms with E-state index >= 15 is 0 Å². The molecule has 2 aromatic carbocycles. The molecule has 1 N–H and O–H groups in total. The molecule has 0 atom stereocenters. The van der Waals surface area contributed by atoms with Crippen molar-refractivity contribution in [3.05, 3.63) is 65.8 Å². The zero-order chi connectivity index (χ0) is 15.1. The molecule has 4 nitrogen and oxygen atoms in total. The fraction of sp³-hybridized carbons (Fsp3) is 0. The molecule has 4 rings (SSSR count). The number of hydrogen-bond donors (Lipinski definition) is 1. The predicted octanol–water partition coefficient (Wildman–Crippen LogP) is 4.21. The normalized spacial score (nSPS) is 11.2. The van der Waals surface area contributed by atoms with Gasteiger partial charge in [-0.25, -0.2) is 9.37 Å². The Morgan fingerprint density at radius 3 is 2.73 bits per heavy atom. The number of rotatable bonds is 2. The summed E-state index contributed by atoms with van der Waals surface area (Å²) in [5.41, 5.74) is 2.66. The van der Waals surface area contributed by atoms with Crippen LogP contribution in [0.1, 0.15) is 0 Å². The Morgan fingerprint density at radius 2 is 1.91 bits per heavy atom. The molecule has 0 amide bonds. The van der Waals surface area contributed by atoms with E-state index in [9.17, 15) is 4.39 Å². The molecule has 0 aliphatic rings. The van der Waals surface area contributed by atoms with Gasteiger partial charge < -0.3 is 0 Å². The largest absolute Gasteiger partial charge is 0.298 e.